The summed E-state index contributed by atoms with van der Waals surface area (Å²) in [5, 5.41) is 4.56. The predicted molar refractivity (Wildman–Crippen MR) is 108 cm³/mol. The molecule has 0 amide bonds. The van der Waals surface area contributed by atoms with E-state index >= 15 is 0 Å². The maximum Gasteiger partial charge on any atom is 0.194 e. The molecule has 0 atom stereocenters. The Balaban J connectivity index is 1.53. The Bertz CT molecular complexity index is 737. The van der Waals surface area contributed by atoms with Gasteiger partial charge in [0.25, 0.3) is 0 Å². The number of benzene rings is 1. The molecule has 1 aromatic heterocycles. The van der Waals surface area contributed by atoms with Gasteiger partial charge in [-0.1, -0.05) is 13.0 Å². The minimum atomic E-state index is 0.730. The van der Waals surface area contributed by atoms with Gasteiger partial charge in [-0.25, -0.2) is 4.98 Å². The third-order valence-corrected chi connectivity index (χ3v) is 5.70. The molecule has 3 rings (SSSR count). The van der Waals surface area contributed by atoms with Gasteiger partial charge in [0.2, 0.25) is 0 Å². The Morgan fingerprint density at radius 2 is 2.12 bits per heavy atom. The molecule has 1 N–H and O–H groups in total. The number of aryl methyl sites for hydroxylation is 1. The van der Waals surface area contributed by atoms with E-state index in [9.17, 15) is 0 Å². The summed E-state index contributed by atoms with van der Waals surface area (Å²) in [5.41, 5.74) is 1.21. The summed E-state index contributed by atoms with van der Waals surface area (Å²) in [6.45, 7) is 6.69. The number of methoxy groups -OCH3 is 1. The van der Waals surface area contributed by atoms with Crippen molar-refractivity contribution in [2.75, 3.05) is 45.2 Å². The first-order valence-corrected chi connectivity index (χ1v) is 9.83. The molecule has 1 aliphatic heterocycles. The van der Waals surface area contributed by atoms with Gasteiger partial charge in [-0.2, -0.15) is 0 Å². The van der Waals surface area contributed by atoms with Crippen molar-refractivity contribution in [1.82, 2.24) is 15.2 Å². The van der Waals surface area contributed by atoms with Crippen LogP contribution in [-0.2, 0) is 13.0 Å². The Morgan fingerprint density at radius 1 is 1.31 bits per heavy atom. The van der Waals surface area contributed by atoms with Gasteiger partial charge in [-0.15, -0.1) is 11.3 Å². The summed E-state index contributed by atoms with van der Waals surface area (Å²) in [4.78, 5) is 14.9. The first kappa shape index (κ1) is 18.5. The maximum absolute atomic E-state index is 5.34. The average Bonchev–Trinajstić information content (AvgIpc) is 3.17. The standard InChI is InChI=1S/C19H27N5OS/c1-4-17-13-21-18(26-17)14-22-19(20-2)24-10-8-23(9-11-24)15-6-5-7-16(12-15)25-3/h5-7,12-13H,4,8-11,14H2,1-3H3,(H,20,22). The summed E-state index contributed by atoms with van der Waals surface area (Å²) >= 11 is 1.77. The highest BCUT2D eigenvalue weighted by atomic mass is 32.1. The highest BCUT2D eigenvalue weighted by Gasteiger charge is 2.20. The summed E-state index contributed by atoms with van der Waals surface area (Å²) < 4.78 is 5.34. The van der Waals surface area contributed by atoms with E-state index in [0.29, 0.717) is 0 Å². The van der Waals surface area contributed by atoms with Gasteiger partial charge in [0.15, 0.2) is 5.96 Å². The van der Waals surface area contributed by atoms with Gasteiger partial charge in [0.05, 0.1) is 13.7 Å². The highest BCUT2D eigenvalue weighted by molar-refractivity contribution is 7.11. The molecule has 6 nitrogen and oxygen atoms in total. The van der Waals surface area contributed by atoms with E-state index in [1.165, 1.54) is 10.6 Å². The Hall–Kier alpha value is -2.28. The van der Waals surface area contributed by atoms with E-state index in [-0.39, 0.29) is 0 Å². The number of hydrogen-bond donors (Lipinski definition) is 1. The van der Waals surface area contributed by atoms with Crippen LogP contribution in [0, 0.1) is 0 Å². The number of anilines is 1. The molecular formula is C19H27N5OS. The van der Waals surface area contributed by atoms with Gasteiger partial charge in [-0.05, 0) is 18.6 Å². The van der Waals surface area contributed by atoms with Crippen LogP contribution < -0.4 is 15.0 Å². The molecule has 140 valence electrons. The molecule has 1 aromatic carbocycles. The molecule has 0 unspecified atom stereocenters. The minimum Gasteiger partial charge on any atom is -0.497 e. The lowest BCUT2D eigenvalue weighted by Gasteiger charge is -2.37. The molecule has 0 bridgehead atoms. The summed E-state index contributed by atoms with van der Waals surface area (Å²) in [5.74, 6) is 1.85. The fourth-order valence-corrected chi connectivity index (χ4v) is 3.87. The largest absolute Gasteiger partial charge is 0.497 e. The second-order valence-electron chi connectivity index (χ2n) is 6.15. The van der Waals surface area contributed by atoms with Crippen LogP contribution in [0.3, 0.4) is 0 Å². The molecule has 0 saturated carbocycles. The van der Waals surface area contributed by atoms with Gasteiger partial charge in [0, 0.05) is 56.1 Å². The molecule has 7 heteroatoms. The predicted octanol–water partition coefficient (Wildman–Crippen LogP) is 2.61. The maximum atomic E-state index is 5.34. The Labute approximate surface area is 159 Å². The summed E-state index contributed by atoms with van der Waals surface area (Å²) in [6.07, 6.45) is 3.01. The van der Waals surface area contributed by atoms with Gasteiger partial charge in [0.1, 0.15) is 10.8 Å². The number of nitrogens with one attached hydrogen (secondary N) is 1. The van der Waals surface area contributed by atoms with Crippen LogP contribution in [-0.4, -0.2) is 56.2 Å². The first-order chi connectivity index (χ1) is 12.7. The number of aromatic nitrogens is 1. The quantitative estimate of drug-likeness (QED) is 0.645. The van der Waals surface area contributed by atoms with Crippen LogP contribution in [0.15, 0.2) is 35.5 Å². The number of ether oxygens (including phenoxy) is 1. The summed E-state index contributed by atoms with van der Waals surface area (Å²) in [7, 11) is 3.55. The number of rotatable bonds is 5. The van der Waals surface area contributed by atoms with Crippen molar-refractivity contribution in [1.29, 1.82) is 0 Å². The van der Waals surface area contributed by atoms with Crippen molar-refractivity contribution >= 4 is 23.0 Å². The Morgan fingerprint density at radius 3 is 2.77 bits per heavy atom. The lowest BCUT2D eigenvalue weighted by Crippen LogP contribution is -2.52. The van der Waals surface area contributed by atoms with Crippen molar-refractivity contribution in [3.8, 4) is 5.75 Å². The monoisotopic (exact) mass is 373 g/mol. The number of guanidine groups is 1. The molecular weight excluding hydrogens is 346 g/mol. The van der Waals surface area contributed by atoms with E-state index in [4.69, 9.17) is 4.74 Å². The molecule has 1 saturated heterocycles. The van der Waals surface area contributed by atoms with Gasteiger partial charge >= 0.3 is 0 Å². The van der Waals surface area contributed by atoms with Crippen molar-refractivity contribution in [2.24, 2.45) is 4.99 Å². The Kier molecular flexibility index (Phi) is 6.33. The van der Waals surface area contributed by atoms with Crippen LogP contribution in [0.1, 0.15) is 16.8 Å². The van der Waals surface area contributed by atoms with Crippen molar-refractivity contribution in [2.45, 2.75) is 19.9 Å². The molecule has 0 aliphatic carbocycles. The average molecular weight is 374 g/mol. The highest BCUT2D eigenvalue weighted by Crippen LogP contribution is 2.22. The SMILES string of the molecule is CCc1cnc(CNC(=NC)N2CCN(c3cccc(OC)c3)CC2)s1. The molecule has 1 fully saturated rings. The van der Waals surface area contributed by atoms with Crippen LogP contribution in [0.2, 0.25) is 0 Å². The normalized spacial score (nSPS) is 15.3. The topological polar surface area (TPSA) is 53.0 Å². The van der Waals surface area contributed by atoms with Crippen molar-refractivity contribution < 1.29 is 4.74 Å². The minimum absolute atomic E-state index is 0.730. The second kappa shape index (κ2) is 8.89. The van der Waals surface area contributed by atoms with Crippen LogP contribution >= 0.6 is 11.3 Å². The molecule has 2 aromatic rings. The van der Waals surface area contributed by atoms with Crippen LogP contribution in [0.25, 0.3) is 0 Å². The van der Waals surface area contributed by atoms with Crippen molar-refractivity contribution in [3.05, 3.63) is 40.3 Å². The van der Waals surface area contributed by atoms with E-state index in [1.807, 2.05) is 25.4 Å². The number of aliphatic imine (C=N–C) groups is 1. The third kappa shape index (κ3) is 4.46. The van der Waals surface area contributed by atoms with E-state index < -0.39 is 0 Å². The lowest BCUT2D eigenvalue weighted by atomic mass is 10.2. The van der Waals surface area contributed by atoms with Crippen molar-refractivity contribution in [3.63, 3.8) is 0 Å². The number of hydrogen-bond acceptors (Lipinski definition) is 5. The zero-order chi connectivity index (χ0) is 18.4. The fourth-order valence-electron chi connectivity index (χ4n) is 3.06. The molecule has 2 heterocycles. The third-order valence-electron chi connectivity index (χ3n) is 4.56. The smallest absolute Gasteiger partial charge is 0.194 e. The zero-order valence-electron chi connectivity index (χ0n) is 15.7. The fraction of sp³-hybridized carbons (Fsp3) is 0.474. The number of thiazole rings is 1. The first-order valence-electron chi connectivity index (χ1n) is 9.01. The lowest BCUT2D eigenvalue weighted by molar-refractivity contribution is 0.372. The summed E-state index contributed by atoms with van der Waals surface area (Å²) in [6, 6.07) is 8.25. The number of piperazine rings is 1. The van der Waals surface area contributed by atoms with Gasteiger partial charge in [-0.3, -0.25) is 4.99 Å². The molecule has 0 spiro atoms. The number of nitrogens with zero attached hydrogens (tertiary/aromatic N) is 4. The van der Waals surface area contributed by atoms with Crippen LogP contribution in [0.4, 0.5) is 5.69 Å². The van der Waals surface area contributed by atoms with E-state index in [0.717, 1.165) is 55.9 Å². The van der Waals surface area contributed by atoms with E-state index in [2.05, 4.69) is 44.1 Å². The second-order valence-corrected chi connectivity index (χ2v) is 7.35. The zero-order valence-corrected chi connectivity index (χ0v) is 16.6. The molecule has 1 aliphatic rings. The van der Waals surface area contributed by atoms with Crippen LogP contribution in [0.5, 0.6) is 5.75 Å². The molecule has 26 heavy (non-hydrogen) atoms. The van der Waals surface area contributed by atoms with E-state index in [1.54, 1.807) is 18.4 Å². The van der Waals surface area contributed by atoms with Gasteiger partial charge < -0.3 is 19.9 Å². The molecule has 0 radical (unpaired) electrons.